The third kappa shape index (κ3) is 3.33. The van der Waals surface area contributed by atoms with E-state index in [1.807, 2.05) is 0 Å². The van der Waals surface area contributed by atoms with Gasteiger partial charge in [-0.1, -0.05) is 11.6 Å². The number of hydrogen-bond donors (Lipinski definition) is 0. The lowest BCUT2D eigenvalue weighted by molar-refractivity contribution is -0.137. The predicted octanol–water partition coefficient (Wildman–Crippen LogP) is 4.03. The lowest BCUT2D eigenvalue weighted by Crippen LogP contribution is -2.26. The number of carbonyl (C=O) groups excluding carboxylic acids is 1. The molecule has 2 rings (SSSR count). The van der Waals surface area contributed by atoms with Crippen LogP contribution in [0.1, 0.15) is 15.9 Å². The normalized spacial score (nSPS) is 11.3. The van der Waals surface area contributed by atoms with E-state index in [2.05, 4.69) is 4.98 Å². The minimum absolute atomic E-state index is 0.149. The molecule has 0 unspecified atom stereocenters. The van der Waals surface area contributed by atoms with Crippen LogP contribution in [0.5, 0.6) is 0 Å². The number of nitrogens with zero attached hydrogens (tertiary/aromatic N) is 2. The van der Waals surface area contributed by atoms with Crippen molar-refractivity contribution >= 4 is 23.2 Å². The van der Waals surface area contributed by atoms with Crippen molar-refractivity contribution in [2.75, 3.05) is 11.9 Å². The highest BCUT2D eigenvalue weighted by molar-refractivity contribution is 6.34. The SMILES string of the molecule is CN(C(=O)c1cccnc1)c1ccc(C(F)(F)F)cc1Cl. The van der Waals surface area contributed by atoms with E-state index >= 15 is 0 Å². The summed E-state index contributed by atoms with van der Waals surface area (Å²) in [4.78, 5) is 17.2. The van der Waals surface area contributed by atoms with Crippen LogP contribution in [0.4, 0.5) is 18.9 Å². The summed E-state index contributed by atoms with van der Waals surface area (Å²) in [7, 11) is 1.43. The molecule has 0 aliphatic rings. The third-order valence-corrected chi connectivity index (χ3v) is 3.15. The molecule has 0 aliphatic heterocycles. The van der Waals surface area contributed by atoms with Crippen LogP contribution in [0.25, 0.3) is 0 Å². The highest BCUT2D eigenvalue weighted by Gasteiger charge is 2.31. The van der Waals surface area contributed by atoms with E-state index in [0.717, 1.165) is 12.1 Å². The molecule has 21 heavy (non-hydrogen) atoms. The smallest absolute Gasteiger partial charge is 0.310 e. The number of amides is 1. The van der Waals surface area contributed by atoms with Crippen molar-refractivity contribution in [3.8, 4) is 0 Å². The topological polar surface area (TPSA) is 33.2 Å². The van der Waals surface area contributed by atoms with E-state index in [0.29, 0.717) is 5.56 Å². The van der Waals surface area contributed by atoms with Gasteiger partial charge < -0.3 is 4.90 Å². The molecule has 0 fully saturated rings. The van der Waals surface area contributed by atoms with Crippen molar-refractivity contribution in [2.24, 2.45) is 0 Å². The lowest BCUT2D eigenvalue weighted by Gasteiger charge is -2.19. The molecule has 0 spiro atoms. The van der Waals surface area contributed by atoms with Crippen LogP contribution in [0.15, 0.2) is 42.7 Å². The molecule has 1 aromatic heterocycles. The number of aromatic nitrogens is 1. The Morgan fingerprint density at radius 2 is 2.00 bits per heavy atom. The quantitative estimate of drug-likeness (QED) is 0.838. The van der Waals surface area contributed by atoms with Crippen LogP contribution >= 0.6 is 11.6 Å². The van der Waals surface area contributed by atoms with Crippen molar-refractivity contribution in [3.05, 3.63) is 58.9 Å². The van der Waals surface area contributed by atoms with Crippen LogP contribution in [0, 0.1) is 0 Å². The molecule has 0 bridgehead atoms. The summed E-state index contributed by atoms with van der Waals surface area (Å²) in [6.45, 7) is 0. The molecule has 3 nitrogen and oxygen atoms in total. The first-order valence-electron chi connectivity index (χ1n) is 5.85. The largest absolute Gasteiger partial charge is 0.416 e. The van der Waals surface area contributed by atoms with Gasteiger partial charge in [-0.3, -0.25) is 9.78 Å². The van der Waals surface area contributed by atoms with Gasteiger partial charge in [0, 0.05) is 19.4 Å². The second-order valence-corrected chi connectivity index (χ2v) is 4.68. The standard InChI is InChI=1S/C14H10ClF3N2O/c1-20(13(21)9-3-2-6-19-8-9)12-5-4-10(7-11(12)15)14(16,17)18/h2-8H,1H3. The van der Waals surface area contributed by atoms with E-state index in [-0.39, 0.29) is 10.7 Å². The minimum atomic E-state index is -4.48. The first-order valence-corrected chi connectivity index (χ1v) is 6.23. The van der Waals surface area contributed by atoms with Crippen LogP contribution in [0.2, 0.25) is 5.02 Å². The zero-order valence-corrected chi connectivity index (χ0v) is 11.6. The maximum Gasteiger partial charge on any atom is 0.416 e. The molecular weight excluding hydrogens is 305 g/mol. The minimum Gasteiger partial charge on any atom is -0.310 e. The van der Waals surface area contributed by atoms with Gasteiger partial charge >= 0.3 is 6.18 Å². The Labute approximate surface area is 124 Å². The lowest BCUT2D eigenvalue weighted by atomic mass is 10.1. The Morgan fingerprint density at radius 1 is 1.29 bits per heavy atom. The van der Waals surface area contributed by atoms with Gasteiger partial charge in [0.15, 0.2) is 0 Å². The van der Waals surface area contributed by atoms with Gasteiger partial charge in [-0.2, -0.15) is 13.2 Å². The Bertz CT molecular complexity index is 659. The van der Waals surface area contributed by atoms with Gasteiger partial charge in [-0.25, -0.2) is 0 Å². The van der Waals surface area contributed by atoms with Gasteiger partial charge in [0.2, 0.25) is 0 Å². The van der Waals surface area contributed by atoms with E-state index < -0.39 is 17.6 Å². The molecule has 0 aliphatic carbocycles. The number of anilines is 1. The Hall–Kier alpha value is -2.08. The maximum absolute atomic E-state index is 12.6. The number of carbonyl (C=O) groups is 1. The highest BCUT2D eigenvalue weighted by Crippen LogP contribution is 2.35. The summed E-state index contributed by atoms with van der Waals surface area (Å²) in [5.41, 5.74) is -0.354. The van der Waals surface area contributed by atoms with E-state index in [4.69, 9.17) is 11.6 Å². The summed E-state index contributed by atoms with van der Waals surface area (Å²) >= 11 is 5.85. The Kier molecular flexibility index (Phi) is 4.18. The van der Waals surface area contributed by atoms with Gasteiger partial charge in [0.05, 0.1) is 21.8 Å². The number of halogens is 4. The van der Waals surface area contributed by atoms with Gasteiger partial charge in [-0.05, 0) is 30.3 Å². The number of alkyl halides is 3. The van der Waals surface area contributed by atoms with Gasteiger partial charge in [0.25, 0.3) is 5.91 Å². The molecule has 1 aromatic carbocycles. The van der Waals surface area contributed by atoms with Gasteiger partial charge in [0.1, 0.15) is 0 Å². The average molecular weight is 315 g/mol. The molecule has 0 radical (unpaired) electrons. The average Bonchev–Trinajstić information content (AvgIpc) is 2.45. The number of hydrogen-bond acceptors (Lipinski definition) is 2. The third-order valence-electron chi connectivity index (χ3n) is 2.85. The van der Waals surface area contributed by atoms with Crippen molar-refractivity contribution in [2.45, 2.75) is 6.18 Å². The highest BCUT2D eigenvalue weighted by atomic mass is 35.5. The fraction of sp³-hybridized carbons (Fsp3) is 0.143. The molecule has 0 saturated carbocycles. The molecule has 110 valence electrons. The monoisotopic (exact) mass is 314 g/mol. The van der Waals surface area contributed by atoms with E-state index in [9.17, 15) is 18.0 Å². The Balaban J connectivity index is 2.32. The van der Waals surface area contributed by atoms with Crippen molar-refractivity contribution in [1.29, 1.82) is 0 Å². The molecule has 1 heterocycles. The summed E-state index contributed by atoms with van der Waals surface area (Å²) in [6, 6.07) is 6.00. The summed E-state index contributed by atoms with van der Waals surface area (Å²) in [5, 5.41) is -0.149. The summed E-state index contributed by atoms with van der Waals surface area (Å²) < 4.78 is 37.7. The Morgan fingerprint density at radius 3 is 2.52 bits per heavy atom. The fourth-order valence-corrected chi connectivity index (χ4v) is 2.05. The summed E-state index contributed by atoms with van der Waals surface area (Å²) in [5.74, 6) is -0.412. The zero-order valence-electron chi connectivity index (χ0n) is 10.9. The van der Waals surface area contributed by atoms with E-state index in [1.54, 1.807) is 12.1 Å². The number of benzene rings is 1. The fourth-order valence-electron chi connectivity index (χ4n) is 1.75. The van der Waals surface area contributed by atoms with Crippen LogP contribution < -0.4 is 4.90 Å². The van der Waals surface area contributed by atoms with Gasteiger partial charge in [-0.15, -0.1) is 0 Å². The van der Waals surface area contributed by atoms with Crippen molar-refractivity contribution in [1.82, 2.24) is 4.98 Å². The van der Waals surface area contributed by atoms with E-state index in [1.165, 1.54) is 30.4 Å². The van der Waals surface area contributed by atoms with Crippen LogP contribution in [-0.4, -0.2) is 17.9 Å². The maximum atomic E-state index is 12.6. The molecule has 0 saturated heterocycles. The van der Waals surface area contributed by atoms with Crippen molar-refractivity contribution in [3.63, 3.8) is 0 Å². The van der Waals surface area contributed by atoms with Crippen LogP contribution in [0.3, 0.4) is 0 Å². The number of pyridine rings is 1. The zero-order chi connectivity index (χ0) is 15.6. The first-order chi connectivity index (χ1) is 9.80. The predicted molar refractivity (Wildman–Crippen MR) is 73.4 cm³/mol. The van der Waals surface area contributed by atoms with Crippen molar-refractivity contribution < 1.29 is 18.0 Å². The molecule has 0 atom stereocenters. The first kappa shape index (κ1) is 15.3. The molecule has 0 N–H and O–H groups in total. The second-order valence-electron chi connectivity index (χ2n) is 4.27. The molecular formula is C14H10ClF3N2O. The number of rotatable bonds is 2. The molecule has 7 heteroatoms. The molecule has 2 aromatic rings. The molecule has 1 amide bonds. The summed E-state index contributed by atoms with van der Waals surface area (Å²) in [6.07, 6.45) is -1.59. The second kappa shape index (κ2) is 5.73. The van der Waals surface area contributed by atoms with Crippen LogP contribution in [-0.2, 0) is 6.18 Å².